The average Bonchev–Trinajstić information content (AvgIpc) is 2.84. The number of ether oxygens (including phenoxy) is 1. The van der Waals surface area contributed by atoms with Gasteiger partial charge in [-0.05, 0) is 116 Å². The fourth-order valence-corrected chi connectivity index (χ4v) is 11.8. The second-order valence-electron chi connectivity index (χ2n) is 21.5. The number of benzene rings is 8. The molecule has 0 unspecified atom stereocenters. The van der Waals surface area contributed by atoms with Crippen LogP contribution in [0.3, 0.4) is 0 Å². The lowest BCUT2D eigenvalue weighted by atomic mass is 9.78. The van der Waals surface area contributed by atoms with Crippen LogP contribution in [0.15, 0.2) is 182 Å². The number of hydrogen-bond donors (Lipinski definition) is 0. The first-order chi connectivity index (χ1) is 38.5. The molecule has 364 valence electrons. The number of rotatable bonds is 9. The predicted molar refractivity (Wildman–Crippen MR) is 313 cm³/mol. The van der Waals surface area contributed by atoms with Crippen LogP contribution in [0.1, 0.15) is 81.7 Å². The summed E-state index contributed by atoms with van der Waals surface area (Å²) in [7, 11) is 0. The minimum Gasteiger partial charge on any atom is -0.457 e. The molecule has 3 aromatic heterocycles. The van der Waals surface area contributed by atoms with Gasteiger partial charge in [0, 0.05) is 58.1 Å². The smallest absolute Gasteiger partial charge is 0.204 e. The van der Waals surface area contributed by atoms with Gasteiger partial charge in [-0.1, -0.05) is 164 Å². The molecule has 0 spiro atoms. The summed E-state index contributed by atoms with van der Waals surface area (Å²) >= 11 is 1.61. The number of pyridine rings is 1. The molecule has 0 aliphatic carbocycles. The van der Waals surface area contributed by atoms with Crippen LogP contribution < -0.4 is 14.5 Å². The maximum Gasteiger partial charge on any atom is 0.204 e. The topological polar surface area (TPSA) is 37.9 Å². The Morgan fingerprint density at radius 1 is 0.662 bits per heavy atom. The maximum atomic E-state index is 9.28. The van der Waals surface area contributed by atoms with Crippen LogP contribution >= 0.6 is 11.3 Å². The second-order valence-corrected chi connectivity index (χ2v) is 22.5. The molecule has 7 heteroatoms. The van der Waals surface area contributed by atoms with Crippen LogP contribution in [0.5, 0.6) is 11.5 Å². The van der Waals surface area contributed by atoms with E-state index in [1.807, 2.05) is 92.7 Å². The van der Waals surface area contributed by atoms with Crippen LogP contribution in [0, 0.1) is 12.5 Å². The number of nitrogens with zero attached hydrogens (tertiary/aromatic N) is 5. The van der Waals surface area contributed by atoms with Crippen molar-refractivity contribution in [3.63, 3.8) is 0 Å². The van der Waals surface area contributed by atoms with Gasteiger partial charge < -0.3 is 14.5 Å². The first-order valence-corrected chi connectivity index (χ1v) is 25.9. The van der Waals surface area contributed by atoms with E-state index >= 15 is 0 Å². The van der Waals surface area contributed by atoms with Crippen LogP contribution in [-0.4, -0.2) is 16.2 Å². The van der Waals surface area contributed by atoms with Crippen molar-refractivity contribution in [2.75, 3.05) is 16.5 Å². The number of fused-ring (bicyclic) bond motifs is 8. The molecular weight excluding hydrogens is 923 g/mol. The summed E-state index contributed by atoms with van der Waals surface area (Å²) in [4.78, 5) is 13.2. The lowest BCUT2D eigenvalue weighted by Gasteiger charge is -2.29. The Hall–Kier alpha value is -8.18. The Morgan fingerprint density at radius 2 is 1.34 bits per heavy atom. The lowest BCUT2D eigenvalue weighted by molar-refractivity contribution is 0.483. The van der Waals surface area contributed by atoms with E-state index in [2.05, 4.69) is 121 Å². The number of anilines is 4. The molecular formula is C67H59N5OS. The van der Waals surface area contributed by atoms with Crippen LogP contribution in [0.2, 0.25) is 0 Å². The first kappa shape index (κ1) is 39.4. The first-order valence-electron chi connectivity index (χ1n) is 28.6. The van der Waals surface area contributed by atoms with E-state index in [9.17, 15) is 2.74 Å². The van der Waals surface area contributed by atoms with Crippen molar-refractivity contribution >= 4 is 81.8 Å². The molecule has 0 fully saturated rings. The van der Waals surface area contributed by atoms with Gasteiger partial charge in [-0.2, -0.15) is 0 Å². The van der Waals surface area contributed by atoms with Crippen molar-refractivity contribution in [3.8, 4) is 39.6 Å². The molecule has 4 heterocycles. The average molecular weight is 989 g/mol. The third kappa shape index (κ3) is 8.24. The summed E-state index contributed by atoms with van der Waals surface area (Å²) in [5.74, 6) is 1.46. The van der Waals surface area contributed by atoms with Gasteiger partial charge in [0.25, 0.3) is 0 Å². The van der Waals surface area contributed by atoms with Crippen LogP contribution in [0.25, 0.3) is 74.9 Å². The quantitative estimate of drug-likeness (QED) is 0.135. The Kier molecular flexibility index (Phi) is 9.62. The molecule has 0 saturated heterocycles. The largest absolute Gasteiger partial charge is 0.457 e. The Balaban J connectivity index is 0.992. The van der Waals surface area contributed by atoms with E-state index in [4.69, 9.17) is 23.1 Å². The van der Waals surface area contributed by atoms with Crippen LogP contribution in [-0.2, 0) is 17.2 Å². The van der Waals surface area contributed by atoms with Gasteiger partial charge in [0.2, 0.25) is 5.69 Å². The zero-order valence-corrected chi connectivity index (χ0v) is 43.6. The molecule has 0 N–H and O–H groups in total. The van der Waals surface area contributed by atoms with Crippen molar-refractivity contribution < 1.29 is 14.3 Å². The molecule has 6 nitrogen and oxygen atoms in total. The van der Waals surface area contributed by atoms with Gasteiger partial charge in [-0.25, -0.2) is 9.83 Å². The van der Waals surface area contributed by atoms with E-state index in [0.29, 0.717) is 46.5 Å². The van der Waals surface area contributed by atoms with E-state index < -0.39 is 24.5 Å². The van der Waals surface area contributed by atoms with Gasteiger partial charge in [0.05, 0.1) is 41.5 Å². The summed E-state index contributed by atoms with van der Waals surface area (Å²) in [6.07, 6.45) is 0.0657. The highest BCUT2D eigenvalue weighted by molar-refractivity contribution is 7.27. The molecule has 0 saturated carbocycles. The highest BCUT2D eigenvalue weighted by atomic mass is 32.1. The van der Waals surface area contributed by atoms with Gasteiger partial charge >= 0.3 is 0 Å². The van der Waals surface area contributed by atoms with Crippen molar-refractivity contribution in [3.05, 3.63) is 210 Å². The molecule has 0 radical (unpaired) electrons. The van der Waals surface area contributed by atoms with E-state index in [0.717, 1.165) is 81.3 Å². The van der Waals surface area contributed by atoms with Crippen molar-refractivity contribution in [1.29, 1.82) is 0 Å². The molecule has 0 bridgehead atoms. The van der Waals surface area contributed by atoms with Gasteiger partial charge in [0.1, 0.15) is 24.0 Å². The lowest BCUT2D eigenvalue weighted by Crippen LogP contribution is -2.25. The number of aromatic nitrogens is 2. The highest BCUT2D eigenvalue weighted by Gasteiger charge is 2.32. The summed E-state index contributed by atoms with van der Waals surface area (Å²) in [5.41, 5.74) is 10.6. The van der Waals surface area contributed by atoms with E-state index in [1.54, 1.807) is 23.6 Å². The molecule has 0 atom stereocenters. The summed E-state index contributed by atoms with van der Waals surface area (Å²) < 4.78 is 73.7. The molecule has 0 amide bonds. The van der Waals surface area contributed by atoms with Crippen molar-refractivity contribution in [1.82, 2.24) is 9.55 Å². The zero-order valence-electron chi connectivity index (χ0n) is 49.8. The van der Waals surface area contributed by atoms with Crippen LogP contribution in [0.4, 0.5) is 28.4 Å². The Morgan fingerprint density at radius 3 is 2.07 bits per heavy atom. The number of hydrogen-bond acceptors (Lipinski definition) is 5. The standard InChI is InChI=1S/C67H59N5OS/c1-42(2)34-43-32-33-69-61(35-43)72-59-31-30-54-53-24-17-25-56(68-9)64(53)74-65(54)62(59)55-29-28-50(40-60(55)72)73-49-21-15-20-48(39-49)70-41-71(58-27-14-13-26-57(58)70)63-51(44-18-11-10-12-19-44)22-16-23-52(63)45-36-46(66(3,4)5)38-47(37-45)67(6,7)8/h10-33,35-40,42H,34,41H2,1-8H3/i10D,11D,12D,18D,19D,34D2. The molecule has 12 rings (SSSR count). The highest BCUT2D eigenvalue weighted by Crippen LogP contribution is 2.52. The molecule has 1 aliphatic heterocycles. The molecule has 11 aromatic rings. The Bertz CT molecular complexity index is 4390. The minimum absolute atomic E-state index is 0.130. The third-order valence-corrected chi connectivity index (χ3v) is 15.3. The van der Waals surface area contributed by atoms with E-state index in [1.165, 1.54) is 0 Å². The predicted octanol–water partition coefficient (Wildman–Crippen LogP) is 19.3. The monoisotopic (exact) mass is 988 g/mol. The second kappa shape index (κ2) is 18.1. The molecule has 1 aliphatic rings. The summed E-state index contributed by atoms with van der Waals surface area (Å²) in [6.45, 7) is 25.3. The SMILES string of the molecule is [2H]c1c([2H])c([2H])c(-c2cccc(-c3cc(C(C)(C)C)cc(C(C)(C)C)c3)c2N2CN(c3cccc(Oc4ccc5c6c7sc8c([N+]#[C-])cccc8c7ccc6n(-c6cc(C([2H])([2H])C(C)C)ccn6)c5c4)c3)c3ccccc32)c([2H])c1[2H]. The summed E-state index contributed by atoms with van der Waals surface area (Å²) in [5, 5.41) is 4.06. The molecule has 74 heavy (non-hydrogen) atoms. The third-order valence-electron chi connectivity index (χ3n) is 14.1. The van der Waals surface area contributed by atoms with Gasteiger partial charge in [-0.3, -0.25) is 4.57 Å². The zero-order chi connectivity index (χ0) is 57.2. The van der Waals surface area contributed by atoms with E-state index in [-0.39, 0.29) is 34.4 Å². The Labute approximate surface area is 448 Å². The fourth-order valence-electron chi connectivity index (χ4n) is 10.5. The minimum atomic E-state index is -1.61. The van der Waals surface area contributed by atoms with Crippen molar-refractivity contribution in [2.24, 2.45) is 5.92 Å². The molecule has 8 aromatic carbocycles. The fraction of sp³-hybridized carbons (Fsp3) is 0.194. The number of para-hydroxylation sites is 3. The van der Waals surface area contributed by atoms with Gasteiger partial charge in [-0.15, -0.1) is 11.3 Å². The summed E-state index contributed by atoms with van der Waals surface area (Å²) in [6, 6.07) is 46.7. The van der Waals surface area contributed by atoms with Crippen molar-refractivity contribution in [2.45, 2.75) is 72.6 Å². The number of thiophene rings is 1. The maximum absolute atomic E-state index is 9.28. The van der Waals surface area contributed by atoms with Gasteiger partial charge in [0.15, 0.2) is 0 Å². The normalized spacial score (nSPS) is 14.5.